The molecule has 7 heteroatoms. The summed E-state index contributed by atoms with van der Waals surface area (Å²) in [7, 11) is -3.66. The fraction of sp³-hybridized carbons (Fsp3) is 0.579. The molecule has 26 heavy (non-hydrogen) atoms. The zero-order chi connectivity index (χ0) is 18.1. The van der Waals surface area contributed by atoms with Crippen LogP contribution in [0.4, 0.5) is 5.69 Å². The van der Waals surface area contributed by atoms with E-state index in [1.54, 1.807) is 12.1 Å². The number of anilines is 1. The summed E-state index contributed by atoms with van der Waals surface area (Å²) < 4.78 is 27.5. The topological polar surface area (TPSA) is 87.6 Å². The first-order chi connectivity index (χ1) is 12.5. The number of nitrogens with one attached hydrogen (secondary N) is 2. The number of nitrogens with zero attached hydrogens (tertiary/aromatic N) is 1. The first kappa shape index (κ1) is 17.5. The summed E-state index contributed by atoms with van der Waals surface area (Å²) in [6, 6.07) is 6.42. The van der Waals surface area contributed by atoms with Gasteiger partial charge in [-0.1, -0.05) is 12.5 Å². The van der Waals surface area contributed by atoms with Crippen LogP contribution in [0.15, 0.2) is 34.2 Å². The van der Waals surface area contributed by atoms with Crippen LogP contribution < -0.4 is 10.0 Å². The highest BCUT2D eigenvalue weighted by Gasteiger charge is 2.40. The molecule has 2 N–H and O–H groups in total. The van der Waals surface area contributed by atoms with Crippen molar-refractivity contribution < 1.29 is 13.2 Å². The maximum atomic E-state index is 12.5. The normalized spacial score (nSPS) is 27.4. The summed E-state index contributed by atoms with van der Waals surface area (Å²) >= 11 is 0. The number of carbonyl (C=O) groups excluding carboxylic acids is 1. The number of hydrogen-bond donors (Lipinski definition) is 2. The van der Waals surface area contributed by atoms with Gasteiger partial charge < -0.3 is 5.32 Å². The van der Waals surface area contributed by atoms with Crippen LogP contribution in [0.2, 0.25) is 0 Å². The average Bonchev–Trinajstić information content (AvgIpc) is 3.33. The van der Waals surface area contributed by atoms with E-state index in [0.29, 0.717) is 42.7 Å². The molecule has 3 atom stereocenters. The van der Waals surface area contributed by atoms with Crippen LogP contribution in [0.5, 0.6) is 0 Å². The smallest absolute Gasteiger partial charge is 0.262 e. The van der Waals surface area contributed by atoms with Gasteiger partial charge in [0.2, 0.25) is 5.91 Å². The Morgan fingerprint density at radius 2 is 2.12 bits per heavy atom. The van der Waals surface area contributed by atoms with E-state index in [2.05, 4.69) is 15.0 Å². The van der Waals surface area contributed by atoms with Crippen LogP contribution in [0.3, 0.4) is 0 Å². The summed E-state index contributed by atoms with van der Waals surface area (Å²) in [5.74, 6) is 2.49. The number of rotatable bonds is 5. The molecule has 1 aromatic rings. The Hall–Kier alpha value is -1.89. The largest absolute Gasteiger partial charge is 0.326 e. The van der Waals surface area contributed by atoms with Crippen LogP contribution in [0, 0.1) is 17.8 Å². The lowest BCUT2D eigenvalue weighted by Crippen LogP contribution is -2.29. The quantitative estimate of drug-likeness (QED) is 0.829. The van der Waals surface area contributed by atoms with Crippen molar-refractivity contribution in [3.05, 3.63) is 24.3 Å². The molecular formula is C19H25N3O3S. The minimum Gasteiger partial charge on any atom is -0.326 e. The molecule has 6 nitrogen and oxygen atoms in total. The molecule has 0 spiro atoms. The van der Waals surface area contributed by atoms with E-state index in [1.807, 2.05) is 0 Å². The minimum absolute atomic E-state index is 0.0229. The Kier molecular flexibility index (Phi) is 4.73. The van der Waals surface area contributed by atoms with Crippen molar-refractivity contribution in [1.29, 1.82) is 0 Å². The fourth-order valence-corrected chi connectivity index (χ4v) is 5.79. The van der Waals surface area contributed by atoms with E-state index in [-0.39, 0.29) is 10.8 Å². The van der Waals surface area contributed by atoms with Gasteiger partial charge in [0.05, 0.1) is 4.90 Å². The first-order valence-corrected chi connectivity index (χ1v) is 10.9. The van der Waals surface area contributed by atoms with E-state index in [4.69, 9.17) is 0 Å². The van der Waals surface area contributed by atoms with E-state index in [0.717, 1.165) is 12.3 Å². The van der Waals surface area contributed by atoms with Crippen molar-refractivity contribution in [2.75, 3.05) is 11.9 Å². The molecule has 0 aromatic heterocycles. The fourth-order valence-electron chi connectivity index (χ4n) is 4.65. The molecule has 2 aliphatic carbocycles. The monoisotopic (exact) mass is 375 g/mol. The Morgan fingerprint density at radius 1 is 1.23 bits per heavy atom. The number of sulfonamides is 1. The van der Waals surface area contributed by atoms with Crippen LogP contribution in [0.25, 0.3) is 0 Å². The first-order valence-electron chi connectivity index (χ1n) is 9.46. The maximum absolute atomic E-state index is 12.5. The Balaban J connectivity index is 1.39. The van der Waals surface area contributed by atoms with Gasteiger partial charge in [0.1, 0.15) is 5.84 Å². The van der Waals surface area contributed by atoms with Gasteiger partial charge in [0, 0.05) is 25.1 Å². The number of hydrogen-bond acceptors (Lipinski definition) is 4. The van der Waals surface area contributed by atoms with Gasteiger partial charge in [-0.3, -0.25) is 14.5 Å². The van der Waals surface area contributed by atoms with Gasteiger partial charge >= 0.3 is 0 Å². The van der Waals surface area contributed by atoms with Crippen molar-refractivity contribution >= 4 is 27.5 Å². The molecule has 2 saturated carbocycles. The van der Waals surface area contributed by atoms with Crippen molar-refractivity contribution in [3.8, 4) is 0 Å². The lowest BCUT2D eigenvalue weighted by Gasteiger charge is -2.21. The highest BCUT2D eigenvalue weighted by atomic mass is 32.2. The summed E-state index contributed by atoms with van der Waals surface area (Å²) in [6.07, 6.45) is 7.08. The van der Waals surface area contributed by atoms with Crippen LogP contribution in [-0.4, -0.2) is 26.7 Å². The molecule has 4 rings (SSSR count). The molecule has 1 amide bonds. The third-order valence-electron chi connectivity index (χ3n) is 5.89. The standard InChI is InChI=1S/C19H25N3O3S/c23-19(11-15-10-13-6-7-14(15)9-13)21-16-3-1-4-17(12-16)26(24,25)22-18-5-2-8-20-18/h1,3-4,12-15H,2,5-11H2,(H,20,22)(H,21,23)/t13-,14-,15+/m0/s1. The van der Waals surface area contributed by atoms with E-state index in [1.165, 1.54) is 37.8 Å². The Labute approximate surface area is 154 Å². The summed E-state index contributed by atoms with van der Waals surface area (Å²) in [5, 5.41) is 2.87. The number of carbonyl (C=O) groups is 1. The third-order valence-corrected chi connectivity index (χ3v) is 7.27. The Morgan fingerprint density at radius 3 is 2.81 bits per heavy atom. The van der Waals surface area contributed by atoms with Crippen LogP contribution in [-0.2, 0) is 14.8 Å². The lowest BCUT2D eigenvalue weighted by atomic mass is 9.86. The minimum atomic E-state index is -3.66. The van der Waals surface area contributed by atoms with Crippen molar-refractivity contribution in [3.63, 3.8) is 0 Å². The molecule has 2 fully saturated rings. The Bertz CT molecular complexity index is 834. The number of aliphatic imine (C=N–C) groups is 1. The third kappa shape index (κ3) is 3.77. The highest BCUT2D eigenvalue weighted by molar-refractivity contribution is 7.90. The second-order valence-corrected chi connectivity index (χ2v) is 9.43. The molecule has 1 heterocycles. The lowest BCUT2D eigenvalue weighted by molar-refractivity contribution is -0.117. The van der Waals surface area contributed by atoms with Gasteiger partial charge in [0.25, 0.3) is 10.0 Å². The predicted octanol–water partition coefficient (Wildman–Crippen LogP) is 2.92. The van der Waals surface area contributed by atoms with Crippen LogP contribution in [0.1, 0.15) is 44.9 Å². The molecule has 0 unspecified atom stereocenters. The highest BCUT2D eigenvalue weighted by Crippen LogP contribution is 2.49. The van der Waals surface area contributed by atoms with Crippen LogP contribution >= 0.6 is 0 Å². The van der Waals surface area contributed by atoms with Gasteiger partial charge in [0.15, 0.2) is 0 Å². The predicted molar refractivity (Wildman–Crippen MR) is 100 cm³/mol. The van der Waals surface area contributed by atoms with Gasteiger partial charge in [-0.2, -0.15) is 0 Å². The second-order valence-electron chi connectivity index (χ2n) is 7.75. The molecule has 0 saturated heterocycles. The van der Waals surface area contributed by atoms with E-state index >= 15 is 0 Å². The average molecular weight is 375 g/mol. The van der Waals surface area contributed by atoms with Gasteiger partial charge in [-0.15, -0.1) is 0 Å². The van der Waals surface area contributed by atoms with E-state index in [9.17, 15) is 13.2 Å². The van der Waals surface area contributed by atoms with E-state index < -0.39 is 10.0 Å². The second kappa shape index (κ2) is 7.02. The summed E-state index contributed by atoms with van der Waals surface area (Å²) in [4.78, 5) is 16.7. The summed E-state index contributed by atoms with van der Waals surface area (Å²) in [5.41, 5.74) is 0.523. The molecule has 0 radical (unpaired) electrons. The number of benzene rings is 1. The molecule has 2 bridgehead atoms. The zero-order valence-electron chi connectivity index (χ0n) is 14.8. The zero-order valence-corrected chi connectivity index (χ0v) is 15.6. The molecule has 1 aromatic carbocycles. The molecule has 140 valence electrons. The number of fused-ring (bicyclic) bond motifs is 2. The number of amidine groups is 1. The maximum Gasteiger partial charge on any atom is 0.262 e. The summed E-state index contributed by atoms with van der Waals surface area (Å²) in [6.45, 7) is 0.664. The van der Waals surface area contributed by atoms with Gasteiger partial charge in [-0.25, -0.2) is 8.42 Å². The molecule has 3 aliphatic rings. The van der Waals surface area contributed by atoms with Crippen molar-refractivity contribution in [2.24, 2.45) is 22.7 Å². The number of amides is 1. The van der Waals surface area contributed by atoms with Gasteiger partial charge in [-0.05, 0) is 61.6 Å². The van der Waals surface area contributed by atoms with Crippen molar-refractivity contribution in [1.82, 2.24) is 4.72 Å². The molecule has 1 aliphatic heterocycles. The molecular weight excluding hydrogens is 350 g/mol. The SMILES string of the molecule is O=C(C[C@H]1C[C@H]2CC[C@H]1C2)Nc1cccc(S(=O)(=O)NC2=NCCC2)c1. The van der Waals surface area contributed by atoms with Crippen molar-refractivity contribution in [2.45, 2.75) is 49.8 Å².